The maximum Gasteiger partial charge on any atom is 0.326 e. The molecule has 5 heteroatoms. The van der Waals surface area contributed by atoms with Gasteiger partial charge in [0, 0.05) is 18.7 Å². The highest BCUT2D eigenvalue weighted by Gasteiger charge is 2.20. The van der Waals surface area contributed by atoms with Crippen molar-refractivity contribution in [1.82, 2.24) is 10.6 Å². The molecular weight excluding hydrogens is 208 g/mol. The lowest BCUT2D eigenvalue weighted by atomic mass is 10.1. The molecule has 92 valence electrons. The first-order valence-corrected chi connectivity index (χ1v) is 5.27. The van der Waals surface area contributed by atoms with Crippen LogP contribution in [-0.2, 0) is 9.59 Å². The molecule has 3 N–H and O–H groups in total. The minimum Gasteiger partial charge on any atom is -0.480 e. The lowest BCUT2D eigenvalue weighted by Crippen LogP contribution is -2.42. The van der Waals surface area contributed by atoms with Gasteiger partial charge in [-0.1, -0.05) is 20.4 Å². The van der Waals surface area contributed by atoms with Crippen LogP contribution in [0.25, 0.3) is 0 Å². The zero-order valence-electron chi connectivity index (χ0n) is 10.0. The predicted octanol–water partition coefficient (Wildman–Crippen LogP) is 0.725. The molecular formula is C11H20N2O3. The molecule has 1 atom stereocenters. The van der Waals surface area contributed by atoms with E-state index in [-0.39, 0.29) is 11.8 Å². The maximum absolute atomic E-state index is 11.4. The van der Waals surface area contributed by atoms with Crippen LogP contribution in [0.2, 0.25) is 0 Å². The van der Waals surface area contributed by atoms with Crippen LogP contribution in [0.4, 0.5) is 0 Å². The second-order valence-electron chi connectivity index (χ2n) is 3.95. The number of amides is 1. The van der Waals surface area contributed by atoms with E-state index >= 15 is 0 Å². The number of nitrogens with one attached hydrogen (secondary N) is 2. The van der Waals surface area contributed by atoms with Crippen molar-refractivity contribution in [2.75, 3.05) is 7.05 Å². The van der Waals surface area contributed by atoms with Gasteiger partial charge in [-0.25, -0.2) is 4.79 Å². The molecule has 0 saturated carbocycles. The van der Waals surface area contributed by atoms with E-state index in [1.165, 1.54) is 0 Å². The van der Waals surface area contributed by atoms with Crippen LogP contribution in [0.3, 0.4) is 0 Å². The van der Waals surface area contributed by atoms with Gasteiger partial charge in [-0.15, -0.1) is 0 Å². The number of carboxylic acid groups (broad SMARTS) is 1. The molecule has 0 saturated heterocycles. The Labute approximate surface area is 95.9 Å². The molecule has 1 unspecified atom stereocenters. The molecule has 0 aliphatic heterocycles. The van der Waals surface area contributed by atoms with Gasteiger partial charge in [0.1, 0.15) is 6.04 Å². The molecule has 0 radical (unpaired) electrons. The van der Waals surface area contributed by atoms with Crippen molar-refractivity contribution < 1.29 is 14.7 Å². The van der Waals surface area contributed by atoms with E-state index in [0.717, 1.165) is 5.70 Å². The number of hydrogen-bond donors (Lipinski definition) is 3. The minimum atomic E-state index is -1.02. The summed E-state index contributed by atoms with van der Waals surface area (Å²) in [6.45, 7) is 7.15. The van der Waals surface area contributed by atoms with Crippen molar-refractivity contribution in [2.45, 2.75) is 32.7 Å². The van der Waals surface area contributed by atoms with E-state index < -0.39 is 12.0 Å². The Balaban J connectivity index is 4.24. The minimum absolute atomic E-state index is 0.214. The van der Waals surface area contributed by atoms with Gasteiger partial charge in [0.2, 0.25) is 5.91 Å². The van der Waals surface area contributed by atoms with E-state index in [0.29, 0.717) is 12.8 Å². The van der Waals surface area contributed by atoms with E-state index in [9.17, 15) is 9.59 Å². The van der Waals surface area contributed by atoms with Crippen LogP contribution in [0.1, 0.15) is 26.7 Å². The summed E-state index contributed by atoms with van der Waals surface area (Å²) >= 11 is 0. The maximum atomic E-state index is 11.4. The molecule has 0 rings (SSSR count). The molecule has 0 aromatic carbocycles. The third-order valence-electron chi connectivity index (χ3n) is 2.23. The smallest absolute Gasteiger partial charge is 0.326 e. The third-order valence-corrected chi connectivity index (χ3v) is 2.23. The van der Waals surface area contributed by atoms with Crippen molar-refractivity contribution in [2.24, 2.45) is 5.92 Å². The summed E-state index contributed by atoms with van der Waals surface area (Å²) in [6.07, 6.45) is 0.860. The normalized spacial score (nSPS) is 12.0. The summed E-state index contributed by atoms with van der Waals surface area (Å²) in [6, 6.07) is -0.847. The molecule has 16 heavy (non-hydrogen) atoms. The number of carboxylic acids is 1. The van der Waals surface area contributed by atoms with Crippen LogP contribution in [0, 0.1) is 5.92 Å². The van der Waals surface area contributed by atoms with Crippen LogP contribution >= 0.6 is 0 Å². The number of carbonyl (C=O) groups excluding carboxylic acids is 1. The molecule has 0 fully saturated rings. The quantitative estimate of drug-likeness (QED) is 0.600. The first-order chi connectivity index (χ1) is 7.38. The highest BCUT2D eigenvalue weighted by atomic mass is 16.4. The molecule has 0 heterocycles. The highest BCUT2D eigenvalue weighted by Crippen LogP contribution is 2.04. The Kier molecular flexibility index (Phi) is 6.22. The SMILES string of the molecule is C=C(CCC(NC(=O)C(C)C)C(=O)O)NC. The van der Waals surface area contributed by atoms with Crippen LogP contribution in [0.15, 0.2) is 12.3 Å². The topological polar surface area (TPSA) is 78.4 Å². The zero-order chi connectivity index (χ0) is 12.7. The molecule has 0 aromatic heterocycles. The summed E-state index contributed by atoms with van der Waals surface area (Å²) in [5.74, 6) is -1.48. The van der Waals surface area contributed by atoms with Gasteiger partial charge in [0.15, 0.2) is 0 Å². The average molecular weight is 228 g/mol. The van der Waals surface area contributed by atoms with Crippen molar-refractivity contribution >= 4 is 11.9 Å². The zero-order valence-corrected chi connectivity index (χ0v) is 10.0. The third kappa shape index (κ3) is 5.38. The fourth-order valence-corrected chi connectivity index (χ4v) is 1.04. The van der Waals surface area contributed by atoms with Crippen LogP contribution in [0.5, 0.6) is 0 Å². The number of rotatable bonds is 7. The van der Waals surface area contributed by atoms with Gasteiger partial charge < -0.3 is 15.7 Å². The Morgan fingerprint density at radius 2 is 1.94 bits per heavy atom. The monoisotopic (exact) mass is 228 g/mol. The Hall–Kier alpha value is -1.52. The van der Waals surface area contributed by atoms with Crippen LogP contribution in [-0.4, -0.2) is 30.1 Å². The second-order valence-corrected chi connectivity index (χ2v) is 3.95. The van der Waals surface area contributed by atoms with Gasteiger partial charge in [-0.05, 0) is 12.8 Å². The number of carbonyl (C=O) groups is 2. The molecule has 0 aliphatic rings. The second kappa shape index (κ2) is 6.87. The van der Waals surface area contributed by atoms with Gasteiger partial charge in [0.05, 0.1) is 0 Å². The molecule has 5 nitrogen and oxygen atoms in total. The first-order valence-electron chi connectivity index (χ1n) is 5.27. The van der Waals surface area contributed by atoms with Crippen molar-refractivity contribution in [1.29, 1.82) is 0 Å². The molecule has 0 spiro atoms. The van der Waals surface area contributed by atoms with Gasteiger partial charge in [-0.3, -0.25) is 4.79 Å². The number of allylic oxidation sites excluding steroid dienone is 1. The highest BCUT2D eigenvalue weighted by molar-refractivity contribution is 5.84. The first kappa shape index (κ1) is 14.5. The van der Waals surface area contributed by atoms with Gasteiger partial charge in [-0.2, -0.15) is 0 Å². The Bertz CT molecular complexity index is 274. The lowest BCUT2D eigenvalue weighted by molar-refractivity contribution is -0.142. The largest absolute Gasteiger partial charge is 0.480 e. The molecule has 0 bridgehead atoms. The molecule has 0 aromatic rings. The molecule has 0 aliphatic carbocycles. The van der Waals surface area contributed by atoms with Crippen molar-refractivity contribution in [3.05, 3.63) is 12.3 Å². The Morgan fingerprint density at radius 1 is 1.38 bits per heavy atom. The van der Waals surface area contributed by atoms with E-state index in [1.54, 1.807) is 20.9 Å². The summed E-state index contributed by atoms with van der Waals surface area (Å²) in [4.78, 5) is 22.3. The van der Waals surface area contributed by atoms with Crippen LogP contribution < -0.4 is 10.6 Å². The predicted molar refractivity (Wildman–Crippen MR) is 61.8 cm³/mol. The summed E-state index contributed by atoms with van der Waals surface area (Å²) in [5, 5.41) is 14.2. The number of aliphatic carboxylic acids is 1. The standard InChI is InChI=1S/C11H20N2O3/c1-7(2)10(14)13-9(11(15)16)6-5-8(3)12-4/h7,9,12H,3,5-6H2,1-2,4H3,(H,13,14)(H,15,16). The summed E-state index contributed by atoms with van der Waals surface area (Å²) < 4.78 is 0. The summed E-state index contributed by atoms with van der Waals surface area (Å²) in [7, 11) is 1.73. The van der Waals surface area contributed by atoms with Crippen molar-refractivity contribution in [3.8, 4) is 0 Å². The number of hydrogen-bond acceptors (Lipinski definition) is 3. The van der Waals surface area contributed by atoms with E-state index in [4.69, 9.17) is 5.11 Å². The van der Waals surface area contributed by atoms with E-state index in [2.05, 4.69) is 17.2 Å². The lowest BCUT2D eigenvalue weighted by Gasteiger charge is -2.16. The molecule has 1 amide bonds. The van der Waals surface area contributed by atoms with Crippen molar-refractivity contribution in [3.63, 3.8) is 0 Å². The average Bonchev–Trinajstić information content (AvgIpc) is 2.22. The fourth-order valence-electron chi connectivity index (χ4n) is 1.04. The van der Waals surface area contributed by atoms with Gasteiger partial charge >= 0.3 is 5.97 Å². The fraction of sp³-hybridized carbons (Fsp3) is 0.636. The Morgan fingerprint density at radius 3 is 2.31 bits per heavy atom. The van der Waals surface area contributed by atoms with Gasteiger partial charge in [0.25, 0.3) is 0 Å². The van der Waals surface area contributed by atoms with E-state index in [1.807, 2.05) is 0 Å². The summed E-state index contributed by atoms with van der Waals surface area (Å²) in [5.41, 5.74) is 0.755.